The Morgan fingerprint density at radius 1 is 1.05 bits per heavy atom. The Hall–Kier alpha value is -3.83. The number of hydrogen-bond acceptors (Lipinski definition) is 7. The van der Waals surface area contributed by atoms with E-state index in [1.165, 1.54) is 49.2 Å². The Morgan fingerprint density at radius 2 is 1.77 bits per heavy atom. The second-order valence-electron chi connectivity index (χ2n) is 10.1. The summed E-state index contributed by atoms with van der Waals surface area (Å²) >= 11 is 6.15. The summed E-state index contributed by atoms with van der Waals surface area (Å²) in [6.45, 7) is -0.993. The minimum atomic E-state index is -4.58. The Morgan fingerprint density at radius 3 is 2.40 bits per heavy atom. The number of carbonyl (C=O) groups is 2. The molecule has 0 amide bonds. The van der Waals surface area contributed by atoms with Gasteiger partial charge >= 0.3 is 12.1 Å². The van der Waals surface area contributed by atoms with Crippen molar-refractivity contribution in [2.75, 3.05) is 27.4 Å². The SMILES string of the molecule is COC(=O)c1ccc(CC(=O)C(C[C@H]2CCCCO2)n2cc(OC)c(-c3cc(Cl)ccc3OCC(F)(F)F)cc2=O)cc1. The van der Waals surface area contributed by atoms with Crippen LogP contribution in [0.5, 0.6) is 11.5 Å². The average Bonchev–Trinajstić information content (AvgIpc) is 2.99. The first kappa shape index (κ1) is 32.1. The lowest BCUT2D eigenvalue weighted by Gasteiger charge is -2.28. The smallest absolute Gasteiger partial charge is 0.422 e. The number of methoxy groups -OCH3 is 2. The quantitative estimate of drug-likeness (QED) is 0.235. The number of esters is 1. The van der Waals surface area contributed by atoms with Crippen molar-refractivity contribution in [1.29, 1.82) is 0 Å². The van der Waals surface area contributed by atoms with Gasteiger partial charge in [-0.3, -0.25) is 9.59 Å². The highest BCUT2D eigenvalue weighted by molar-refractivity contribution is 6.31. The Balaban J connectivity index is 1.71. The van der Waals surface area contributed by atoms with Crippen LogP contribution in [0.3, 0.4) is 0 Å². The van der Waals surface area contributed by atoms with Crippen LogP contribution in [0.2, 0.25) is 5.02 Å². The Labute approximate surface area is 251 Å². The van der Waals surface area contributed by atoms with Crippen LogP contribution in [0.25, 0.3) is 11.1 Å². The van der Waals surface area contributed by atoms with Crippen molar-refractivity contribution in [3.8, 4) is 22.6 Å². The number of aromatic nitrogens is 1. The molecule has 1 aromatic heterocycles. The number of nitrogens with zero attached hydrogens (tertiary/aromatic N) is 1. The molecule has 2 atom stereocenters. The molecule has 4 rings (SSSR count). The number of rotatable bonds is 11. The molecule has 12 heteroatoms. The first-order chi connectivity index (χ1) is 20.5. The molecule has 1 saturated heterocycles. The van der Waals surface area contributed by atoms with Crippen molar-refractivity contribution in [3.63, 3.8) is 0 Å². The molecule has 0 saturated carbocycles. The third kappa shape index (κ3) is 8.39. The van der Waals surface area contributed by atoms with E-state index in [0.717, 1.165) is 19.3 Å². The van der Waals surface area contributed by atoms with E-state index < -0.39 is 30.4 Å². The first-order valence-corrected chi connectivity index (χ1v) is 14.0. The lowest BCUT2D eigenvalue weighted by molar-refractivity contribution is -0.153. The third-order valence-electron chi connectivity index (χ3n) is 7.11. The molecule has 1 fully saturated rings. The topological polar surface area (TPSA) is 93.1 Å². The van der Waals surface area contributed by atoms with Gasteiger partial charge < -0.3 is 23.5 Å². The molecule has 0 bridgehead atoms. The van der Waals surface area contributed by atoms with E-state index in [1.807, 2.05) is 0 Å². The van der Waals surface area contributed by atoms with Crippen molar-refractivity contribution < 1.29 is 41.7 Å². The van der Waals surface area contributed by atoms with Gasteiger partial charge in [0.05, 0.1) is 38.1 Å². The van der Waals surface area contributed by atoms with Gasteiger partial charge in [0, 0.05) is 41.7 Å². The van der Waals surface area contributed by atoms with E-state index in [-0.39, 0.29) is 52.4 Å². The minimum Gasteiger partial charge on any atom is -0.495 e. The normalized spacial score (nSPS) is 15.9. The van der Waals surface area contributed by atoms with Gasteiger partial charge in [-0.05, 0) is 55.2 Å². The zero-order valence-corrected chi connectivity index (χ0v) is 24.4. The average molecular weight is 622 g/mol. The van der Waals surface area contributed by atoms with E-state index in [1.54, 1.807) is 24.3 Å². The van der Waals surface area contributed by atoms with Crippen LogP contribution in [0.4, 0.5) is 13.2 Å². The van der Waals surface area contributed by atoms with Crippen molar-refractivity contribution in [1.82, 2.24) is 4.57 Å². The van der Waals surface area contributed by atoms with Gasteiger partial charge in [-0.25, -0.2) is 4.79 Å². The molecule has 0 N–H and O–H groups in total. The van der Waals surface area contributed by atoms with Crippen molar-refractivity contribution >= 4 is 23.4 Å². The molecular formula is C31H31ClF3NO7. The fourth-order valence-corrected chi connectivity index (χ4v) is 5.15. The number of pyridine rings is 1. The van der Waals surface area contributed by atoms with Crippen molar-refractivity contribution in [2.24, 2.45) is 0 Å². The predicted octanol–water partition coefficient (Wildman–Crippen LogP) is 6.22. The monoisotopic (exact) mass is 621 g/mol. The van der Waals surface area contributed by atoms with Crippen LogP contribution in [0.15, 0.2) is 59.5 Å². The highest BCUT2D eigenvalue weighted by Gasteiger charge is 2.31. The number of ketones is 1. The molecule has 0 aliphatic carbocycles. The van der Waals surface area contributed by atoms with Crippen LogP contribution < -0.4 is 15.0 Å². The van der Waals surface area contributed by atoms with Crippen LogP contribution in [-0.2, 0) is 20.7 Å². The second-order valence-corrected chi connectivity index (χ2v) is 10.6. The number of ether oxygens (including phenoxy) is 4. The minimum absolute atomic E-state index is 0.0287. The number of benzene rings is 2. The Bertz CT molecular complexity index is 1500. The summed E-state index contributed by atoms with van der Waals surface area (Å²) in [6.07, 6.45) is -0.703. The molecule has 2 heterocycles. The molecule has 0 radical (unpaired) electrons. The number of Topliss-reactive ketones (excluding diaryl/α,β-unsaturated/α-hetero) is 1. The van der Waals surface area contributed by atoms with Gasteiger partial charge in [0.1, 0.15) is 11.5 Å². The summed E-state index contributed by atoms with van der Waals surface area (Å²) in [5.74, 6) is -0.788. The van der Waals surface area contributed by atoms with E-state index in [9.17, 15) is 27.6 Å². The largest absolute Gasteiger partial charge is 0.495 e. The fourth-order valence-electron chi connectivity index (χ4n) is 4.98. The fraction of sp³-hybridized carbons (Fsp3) is 0.387. The van der Waals surface area contributed by atoms with Crippen LogP contribution in [0, 0.1) is 0 Å². The van der Waals surface area contributed by atoms with E-state index in [0.29, 0.717) is 17.7 Å². The molecule has 3 aromatic rings. The standard InChI is InChI=1S/C31H31ClF3NO7/c1-40-28-17-36(29(38)16-24(28)23-14-21(32)10-11-27(23)43-18-31(33,34)35)25(15-22-5-3-4-12-42-22)26(37)13-19-6-8-20(9-7-19)30(39)41-2/h6-11,14,16-17,22,25H,3-5,12-13,15,18H2,1-2H3/t22-,25?/m1/s1. The number of halogens is 4. The number of hydrogen-bond donors (Lipinski definition) is 0. The molecule has 0 spiro atoms. The van der Waals surface area contributed by atoms with Gasteiger partial charge in [-0.15, -0.1) is 0 Å². The molecule has 1 unspecified atom stereocenters. The van der Waals surface area contributed by atoms with Gasteiger partial charge in [-0.1, -0.05) is 23.7 Å². The summed E-state index contributed by atoms with van der Waals surface area (Å²) in [5, 5.41) is 0.210. The first-order valence-electron chi connectivity index (χ1n) is 13.6. The van der Waals surface area contributed by atoms with E-state index in [4.69, 9.17) is 30.5 Å². The molecule has 230 valence electrons. The third-order valence-corrected chi connectivity index (χ3v) is 7.34. The summed E-state index contributed by atoms with van der Waals surface area (Å²) in [5.41, 5.74) is 0.674. The maximum atomic E-state index is 13.8. The Kier molecular flexibility index (Phi) is 10.5. The predicted molar refractivity (Wildman–Crippen MR) is 153 cm³/mol. The summed E-state index contributed by atoms with van der Waals surface area (Å²) in [7, 11) is 2.62. The summed E-state index contributed by atoms with van der Waals surface area (Å²) in [4.78, 5) is 39.1. The van der Waals surface area contributed by atoms with Crippen molar-refractivity contribution in [2.45, 2.75) is 50.4 Å². The zero-order valence-electron chi connectivity index (χ0n) is 23.6. The highest BCUT2D eigenvalue weighted by Crippen LogP contribution is 2.38. The summed E-state index contributed by atoms with van der Waals surface area (Å²) in [6, 6.07) is 10.7. The maximum Gasteiger partial charge on any atom is 0.422 e. The number of carbonyl (C=O) groups excluding carboxylic acids is 2. The lowest BCUT2D eigenvalue weighted by atomic mass is 9.95. The van der Waals surface area contributed by atoms with E-state index in [2.05, 4.69) is 0 Å². The number of alkyl halides is 3. The highest BCUT2D eigenvalue weighted by atomic mass is 35.5. The molecule has 1 aliphatic heterocycles. The van der Waals surface area contributed by atoms with Gasteiger partial charge in [-0.2, -0.15) is 13.2 Å². The van der Waals surface area contributed by atoms with E-state index >= 15 is 0 Å². The van der Waals surface area contributed by atoms with Gasteiger partial charge in [0.2, 0.25) is 0 Å². The maximum absolute atomic E-state index is 13.8. The second kappa shape index (κ2) is 14.1. The van der Waals surface area contributed by atoms with Gasteiger partial charge in [0.25, 0.3) is 5.56 Å². The molecular weight excluding hydrogens is 591 g/mol. The molecule has 43 heavy (non-hydrogen) atoms. The molecule has 2 aromatic carbocycles. The van der Waals surface area contributed by atoms with Crippen molar-refractivity contribution in [3.05, 3.63) is 81.2 Å². The zero-order chi connectivity index (χ0) is 31.1. The molecule has 8 nitrogen and oxygen atoms in total. The van der Waals surface area contributed by atoms with Crippen LogP contribution in [-0.4, -0.2) is 56.0 Å². The lowest BCUT2D eigenvalue weighted by Crippen LogP contribution is -2.34. The summed E-state index contributed by atoms with van der Waals surface area (Å²) < 4.78 is 61.2. The molecule has 1 aliphatic rings. The van der Waals surface area contributed by atoms with Crippen LogP contribution >= 0.6 is 11.6 Å². The van der Waals surface area contributed by atoms with Crippen LogP contribution in [0.1, 0.15) is 47.6 Å². The van der Waals surface area contributed by atoms with Gasteiger partial charge in [0.15, 0.2) is 12.4 Å².